The van der Waals surface area contributed by atoms with Crippen LogP contribution in [0.15, 0.2) is 0 Å². The number of rotatable bonds is 3. The summed E-state index contributed by atoms with van der Waals surface area (Å²) in [6.45, 7) is 19.6. The normalized spacial score (nSPS) is 16.4. The summed E-state index contributed by atoms with van der Waals surface area (Å²) < 4.78 is 22.6. The van der Waals surface area contributed by atoms with Crippen LogP contribution in [0.3, 0.4) is 0 Å². The van der Waals surface area contributed by atoms with Crippen LogP contribution in [-0.4, -0.2) is 38.0 Å². The monoisotopic (exact) mass is 358 g/mol. The Balaban J connectivity index is 0. The van der Waals surface area contributed by atoms with Crippen LogP contribution in [0.4, 0.5) is 0 Å². The Bertz CT molecular complexity index is 269. The molecule has 134 valence electrons. The first-order chi connectivity index (χ1) is 9.62. The molecular weight excluding hydrogens is 323 g/mol. The summed E-state index contributed by atoms with van der Waals surface area (Å²) >= 11 is 5.52. The van der Waals surface area contributed by atoms with Crippen molar-refractivity contribution in [1.29, 1.82) is 0 Å². The fourth-order valence-corrected chi connectivity index (χ4v) is 6.32. The average molecular weight is 359 g/mol. The molecule has 0 aromatic carbocycles. The predicted octanol–water partition coefficient (Wildman–Crippen LogP) is 1.22. The summed E-state index contributed by atoms with van der Waals surface area (Å²) in [5, 5.41) is 0. The van der Waals surface area contributed by atoms with Crippen molar-refractivity contribution in [2.45, 2.75) is 92.0 Å². The predicted molar refractivity (Wildman–Crippen MR) is 95.7 cm³/mol. The van der Waals surface area contributed by atoms with Crippen LogP contribution in [-0.2, 0) is 30.1 Å². The number of ether oxygens (including phenoxy) is 1. The third kappa shape index (κ3) is 17.6. The van der Waals surface area contributed by atoms with Gasteiger partial charge in [-0.25, -0.2) is 0 Å². The van der Waals surface area contributed by atoms with Crippen molar-refractivity contribution in [1.82, 2.24) is 0 Å². The maximum Gasteiger partial charge on any atom is 1.00 e. The van der Waals surface area contributed by atoms with Crippen molar-refractivity contribution in [3.63, 3.8) is 0 Å². The maximum atomic E-state index is 5.89. The van der Waals surface area contributed by atoms with E-state index in [1.54, 1.807) is 0 Å². The Kier molecular flexibility index (Phi) is 11.7. The maximum absolute atomic E-state index is 5.89. The van der Waals surface area contributed by atoms with Gasteiger partial charge in [0.05, 0.1) is 16.8 Å². The topological polar surface area (TPSA) is 36.9 Å². The fraction of sp³-hybridized carbons (Fsp3) is 1.00. The van der Waals surface area contributed by atoms with Crippen molar-refractivity contribution in [2.75, 3.05) is 13.2 Å². The summed E-state index contributed by atoms with van der Waals surface area (Å²) in [5.74, 6) is 0. The molecular formula is C16H35LiO4SSi. The SMILES string of the molecule is C1CCOC1.CC(C)(C)O[Si]([S-])(OC(C)(C)C)OC(C)(C)C.[Li+]. The van der Waals surface area contributed by atoms with Gasteiger partial charge in [0, 0.05) is 13.2 Å². The van der Waals surface area contributed by atoms with Gasteiger partial charge in [-0.3, -0.25) is 0 Å². The molecule has 7 heteroatoms. The molecule has 0 bridgehead atoms. The van der Waals surface area contributed by atoms with E-state index in [2.05, 4.69) is 0 Å². The molecule has 1 heterocycles. The number of hydrogen-bond acceptors (Lipinski definition) is 5. The Morgan fingerprint density at radius 2 is 0.957 bits per heavy atom. The minimum atomic E-state index is -3.07. The van der Waals surface area contributed by atoms with Crippen LogP contribution in [0.2, 0.25) is 0 Å². The summed E-state index contributed by atoms with van der Waals surface area (Å²) in [7, 11) is -3.07. The molecule has 0 atom stereocenters. The van der Waals surface area contributed by atoms with E-state index in [0.717, 1.165) is 13.2 Å². The van der Waals surface area contributed by atoms with Crippen molar-refractivity contribution in [3.8, 4) is 0 Å². The minimum absolute atomic E-state index is 0. The molecule has 0 aromatic rings. The zero-order chi connectivity index (χ0) is 17.7. The van der Waals surface area contributed by atoms with Gasteiger partial charge in [-0.05, 0) is 75.2 Å². The Labute approximate surface area is 162 Å². The molecule has 0 aliphatic carbocycles. The summed E-state index contributed by atoms with van der Waals surface area (Å²) in [4.78, 5) is 0. The van der Waals surface area contributed by atoms with Crippen LogP contribution in [0.5, 0.6) is 0 Å². The molecule has 1 rings (SSSR count). The standard InChI is InChI=1S/C12H27O3SSi.C4H8O.Li/c1-10(2,3)13-17(16,14-11(4,5)6)15-12(7,8)9;1-2-4-5-3-1;/h1-9H3;1-4H2;/q-1;;+1. The zero-order valence-corrected chi connectivity index (χ0v) is 18.7. The van der Waals surface area contributed by atoms with Crippen molar-refractivity contribution in [3.05, 3.63) is 0 Å². The van der Waals surface area contributed by atoms with E-state index in [1.165, 1.54) is 12.8 Å². The van der Waals surface area contributed by atoms with Gasteiger partial charge in [-0.15, -0.1) is 0 Å². The molecule has 0 N–H and O–H groups in total. The molecule has 1 saturated heterocycles. The van der Waals surface area contributed by atoms with Crippen LogP contribution in [0, 0.1) is 0 Å². The third-order valence-corrected chi connectivity index (χ3v) is 5.46. The quantitative estimate of drug-likeness (QED) is 0.560. The van der Waals surface area contributed by atoms with Crippen LogP contribution in [0.1, 0.15) is 75.2 Å². The first-order valence-electron chi connectivity index (χ1n) is 8.01. The molecule has 1 fully saturated rings. The smallest absolute Gasteiger partial charge is 0.708 e. The van der Waals surface area contributed by atoms with Gasteiger partial charge in [0.1, 0.15) is 0 Å². The van der Waals surface area contributed by atoms with Gasteiger partial charge in [-0.2, -0.15) is 0 Å². The fourth-order valence-electron chi connectivity index (χ4n) is 1.70. The second-order valence-corrected chi connectivity index (χ2v) is 11.6. The molecule has 0 unspecified atom stereocenters. The first kappa shape index (κ1) is 26.2. The Hall–Kier alpha value is 1.00. The molecule has 4 nitrogen and oxygen atoms in total. The van der Waals surface area contributed by atoms with Gasteiger partial charge < -0.3 is 30.1 Å². The van der Waals surface area contributed by atoms with Gasteiger partial charge in [0.2, 0.25) is 0 Å². The van der Waals surface area contributed by atoms with Gasteiger partial charge in [0.15, 0.2) is 0 Å². The molecule has 23 heavy (non-hydrogen) atoms. The third-order valence-electron chi connectivity index (χ3n) is 2.12. The summed E-state index contributed by atoms with van der Waals surface area (Å²) in [5.41, 5.74) is -1.11. The van der Waals surface area contributed by atoms with Crippen LogP contribution in [0.25, 0.3) is 0 Å². The summed E-state index contributed by atoms with van der Waals surface area (Å²) in [6, 6.07) is 0. The van der Waals surface area contributed by atoms with Crippen LogP contribution < -0.4 is 18.9 Å². The van der Waals surface area contributed by atoms with E-state index in [4.69, 9.17) is 30.1 Å². The molecule has 1 aliphatic rings. The molecule has 0 aromatic heterocycles. The second-order valence-electron chi connectivity index (χ2n) is 8.46. The molecule has 0 saturated carbocycles. The van der Waals surface area contributed by atoms with E-state index in [-0.39, 0.29) is 35.7 Å². The molecule has 1 aliphatic heterocycles. The average Bonchev–Trinajstić information content (AvgIpc) is 2.61. The minimum Gasteiger partial charge on any atom is -0.708 e. The van der Waals surface area contributed by atoms with Gasteiger partial charge in [0.25, 0.3) is 0 Å². The molecule has 0 radical (unpaired) electrons. The Morgan fingerprint density at radius 3 is 1.09 bits per heavy atom. The first-order valence-corrected chi connectivity index (χ1v) is 10.9. The van der Waals surface area contributed by atoms with E-state index in [1.807, 2.05) is 62.3 Å². The van der Waals surface area contributed by atoms with Crippen molar-refractivity contribution >= 4 is 20.0 Å². The van der Waals surface area contributed by atoms with E-state index < -0.39 is 7.95 Å². The van der Waals surface area contributed by atoms with Crippen molar-refractivity contribution < 1.29 is 36.9 Å². The van der Waals surface area contributed by atoms with E-state index in [0.29, 0.717) is 0 Å². The molecule has 0 amide bonds. The van der Waals surface area contributed by atoms with E-state index >= 15 is 0 Å². The molecule has 0 spiro atoms. The number of hydrogen-bond donors (Lipinski definition) is 0. The second kappa shape index (κ2) is 10.2. The largest absolute Gasteiger partial charge is 1.00 e. The summed E-state index contributed by atoms with van der Waals surface area (Å²) in [6.07, 6.45) is 2.56. The van der Waals surface area contributed by atoms with E-state index in [9.17, 15) is 0 Å². The zero-order valence-electron chi connectivity index (χ0n) is 16.9. The van der Waals surface area contributed by atoms with Crippen molar-refractivity contribution in [2.24, 2.45) is 0 Å². The van der Waals surface area contributed by atoms with Gasteiger partial charge in [-0.1, -0.05) is 0 Å². The Morgan fingerprint density at radius 1 is 0.696 bits per heavy atom. The van der Waals surface area contributed by atoms with Crippen LogP contribution >= 0.6 is 0 Å². The van der Waals surface area contributed by atoms with Gasteiger partial charge >= 0.3 is 26.8 Å².